The summed E-state index contributed by atoms with van der Waals surface area (Å²) in [5.41, 5.74) is 1.23. The predicted octanol–water partition coefficient (Wildman–Crippen LogP) is 4.19. The third-order valence-electron chi connectivity index (χ3n) is 3.53. The summed E-state index contributed by atoms with van der Waals surface area (Å²) in [4.78, 5) is 25.9. The first-order valence-electron chi connectivity index (χ1n) is 7.40. The number of benzene rings is 1. The van der Waals surface area contributed by atoms with Crippen LogP contribution in [0.15, 0.2) is 34.1 Å². The van der Waals surface area contributed by atoms with E-state index in [1.54, 1.807) is 24.3 Å². The van der Waals surface area contributed by atoms with Crippen LogP contribution in [0.3, 0.4) is 0 Å². The molecule has 2 rings (SSSR count). The van der Waals surface area contributed by atoms with Crippen LogP contribution in [0.25, 0.3) is 0 Å². The van der Waals surface area contributed by atoms with E-state index in [0.29, 0.717) is 12.2 Å². The molecule has 1 aromatic carbocycles. The molecule has 0 saturated carbocycles. The molecule has 0 aliphatic carbocycles. The van der Waals surface area contributed by atoms with Crippen molar-refractivity contribution in [1.29, 1.82) is 0 Å². The number of likely N-dealkylation sites (N-methyl/N-ethyl adjacent to an activating group) is 1. The molecule has 8 heteroatoms. The molecule has 2 aromatic rings. The van der Waals surface area contributed by atoms with Crippen molar-refractivity contribution in [3.63, 3.8) is 0 Å². The molecular weight excluding hydrogens is 394 g/mol. The monoisotopic (exact) mass is 411 g/mol. The molecule has 0 spiro atoms. The lowest BCUT2D eigenvalue weighted by atomic mass is 10.2. The minimum Gasteiger partial charge on any atom is -0.324 e. The number of non-ortho nitro benzene ring substituents is 1. The van der Waals surface area contributed by atoms with Gasteiger partial charge in [-0.1, -0.05) is 13.0 Å². The third kappa shape index (κ3) is 5.12. The molecule has 0 atom stereocenters. The van der Waals surface area contributed by atoms with Gasteiger partial charge in [0.1, 0.15) is 0 Å². The Kier molecular flexibility index (Phi) is 6.47. The van der Waals surface area contributed by atoms with E-state index >= 15 is 0 Å². The summed E-state index contributed by atoms with van der Waals surface area (Å²) in [6.45, 7) is 5.45. The van der Waals surface area contributed by atoms with Gasteiger partial charge in [0.15, 0.2) is 0 Å². The number of halogens is 1. The molecule has 0 unspecified atom stereocenters. The quantitative estimate of drug-likeness (QED) is 0.547. The third-order valence-corrected chi connectivity index (χ3v) is 5.14. The summed E-state index contributed by atoms with van der Waals surface area (Å²) in [6, 6.07) is 8.47. The molecule has 0 fully saturated rings. The fourth-order valence-electron chi connectivity index (χ4n) is 2.19. The van der Waals surface area contributed by atoms with Crippen LogP contribution >= 0.6 is 27.3 Å². The molecule has 128 valence electrons. The van der Waals surface area contributed by atoms with Gasteiger partial charge in [-0.3, -0.25) is 19.8 Å². The van der Waals surface area contributed by atoms with Crippen molar-refractivity contribution in [3.05, 3.63) is 54.7 Å². The minimum atomic E-state index is -0.470. The van der Waals surface area contributed by atoms with Gasteiger partial charge in [0.2, 0.25) is 5.91 Å². The number of carbonyl (C=O) groups is 1. The Bertz CT molecular complexity index is 748. The average molecular weight is 412 g/mol. The molecule has 1 heterocycles. The van der Waals surface area contributed by atoms with Crippen molar-refractivity contribution in [2.24, 2.45) is 0 Å². The second-order valence-corrected chi connectivity index (χ2v) is 7.86. The molecule has 24 heavy (non-hydrogen) atoms. The van der Waals surface area contributed by atoms with Gasteiger partial charge in [-0.25, -0.2) is 0 Å². The van der Waals surface area contributed by atoms with Gasteiger partial charge in [-0.15, -0.1) is 11.3 Å². The van der Waals surface area contributed by atoms with Crippen molar-refractivity contribution in [2.45, 2.75) is 20.4 Å². The zero-order valence-electron chi connectivity index (χ0n) is 13.4. The molecule has 1 N–H and O–H groups in total. The highest BCUT2D eigenvalue weighted by Gasteiger charge is 2.14. The van der Waals surface area contributed by atoms with E-state index in [9.17, 15) is 14.9 Å². The Labute approximate surface area is 152 Å². The van der Waals surface area contributed by atoms with Gasteiger partial charge < -0.3 is 5.32 Å². The number of nitro benzene ring substituents is 1. The van der Waals surface area contributed by atoms with E-state index < -0.39 is 4.92 Å². The van der Waals surface area contributed by atoms with Crippen LogP contribution in [0.4, 0.5) is 11.4 Å². The van der Waals surface area contributed by atoms with Crippen LogP contribution in [0, 0.1) is 17.0 Å². The van der Waals surface area contributed by atoms with Crippen LogP contribution in [0.2, 0.25) is 0 Å². The number of aryl methyl sites for hydroxylation is 1. The van der Waals surface area contributed by atoms with E-state index in [0.717, 1.165) is 15.9 Å². The number of nitrogens with zero attached hydrogens (tertiary/aromatic N) is 2. The summed E-state index contributed by atoms with van der Waals surface area (Å²) in [5.74, 6) is -0.184. The average Bonchev–Trinajstić information content (AvgIpc) is 2.93. The summed E-state index contributed by atoms with van der Waals surface area (Å²) in [7, 11) is 0. The summed E-state index contributed by atoms with van der Waals surface area (Å²) in [5, 5.41) is 13.6. The highest BCUT2D eigenvalue weighted by molar-refractivity contribution is 9.11. The van der Waals surface area contributed by atoms with Gasteiger partial charge in [0, 0.05) is 23.6 Å². The fraction of sp³-hybridized carbons (Fsp3) is 0.312. The number of carbonyl (C=O) groups excluding carboxylic acids is 1. The zero-order chi connectivity index (χ0) is 17.7. The maximum absolute atomic E-state index is 12.3. The second-order valence-electron chi connectivity index (χ2n) is 5.31. The van der Waals surface area contributed by atoms with E-state index in [1.165, 1.54) is 17.0 Å². The number of hydrogen-bond donors (Lipinski definition) is 1. The van der Waals surface area contributed by atoms with Crippen molar-refractivity contribution >= 4 is 44.5 Å². The molecule has 0 bridgehead atoms. The number of anilines is 1. The number of rotatable bonds is 7. The highest BCUT2D eigenvalue weighted by Crippen LogP contribution is 2.24. The summed E-state index contributed by atoms with van der Waals surface area (Å²) in [6.07, 6.45) is 0. The van der Waals surface area contributed by atoms with Gasteiger partial charge in [0.05, 0.1) is 20.9 Å². The number of nitro groups is 1. The SMILES string of the molecule is CCN(CC(=O)Nc1cc([N+](=O)[O-])ccc1C)Cc1ccc(Br)s1. The predicted molar refractivity (Wildman–Crippen MR) is 99.4 cm³/mol. The topological polar surface area (TPSA) is 75.5 Å². The molecule has 0 saturated heterocycles. The van der Waals surface area contributed by atoms with Gasteiger partial charge in [-0.2, -0.15) is 0 Å². The van der Waals surface area contributed by atoms with Crippen molar-refractivity contribution in [3.8, 4) is 0 Å². The number of amides is 1. The number of hydrogen-bond acceptors (Lipinski definition) is 5. The van der Waals surface area contributed by atoms with Crippen LogP contribution in [-0.2, 0) is 11.3 Å². The van der Waals surface area contributed by atoms with Gasteiger partial charge in [-0.05, 0) is 47.1 Å². The lowest BCUT2D eigenvalue weighted by Gasteiger charge is -2.19. The summed E-state index contributed by atoms with van der Waals surface area (Å²) < 4.78 is 1.06. The maximum Gasteiger partial charge on any atom is 0.271 e. The van der Waals surface area contributed by atoms with Crippen LogP contribution < -0.4 is 5.32 Å². The zero-order valence-corrected chi connectivity index (χ0v) is 15.8. The minimum absolute atomic E-state index is 0.0355. The molecule has 1 amide bonds. The molecule has 6 nitrogen and oxygen atoms in total. The lowest BCUT2D eigenvalue weighted by Crippen LogP contribution is -2.32. The first-order chi connectivity index (χ1) is 11.4. The van der Waals surface area contributed by atoms with Crippen molar-refractivity contribution in [2.75, 3.05) is 18.4 Å². The Morgan fingerprint density at radius 3 is 2.71 bits per heavy atom. The Balaban J connectivity index is 2.01. The lowest BCUT2D eigenvalue weighted by molar-refractivity contribution is -0.384. The molecule has 0 radical (unpaired) electrons. The van der Waals surface area contributed by atoms with Crippen molar-refractivity contribution in [1.82, 2.24) is 4.90 Å². The van der Waals surface area contributed by atoms with Crippen LogP contribution in [-0.4, -0.2) is 28.8 Å². The van der Waals surface area contributed by atoms with Crippen LogP contribution in [0.5, 0.6) is 0 Å². The highest BCUT2D eigenvalue weighted by atomic mass is 79.9. The molecular formula is C16H18BrN3O3S. The van der Waals surface area contributed by atoms with E-state index in [2.05, 4.69) is 21.2 Å². The Hall–Kier alpha value is -1.77. The number of thiophene rings is 1. The summed E-state index contributed by atoms with van der Waals surface area (Å²) >= 11 is 5.07. The van der Waals surface area contributed by atoms with E-state index in [-0.39, 0.29) is 18.1 Å². The van der Waals surface area contributed by atoms with Crippen LogP contribution in [0.1, 0.15) is 17.4 Å². The molecule has 0 aliphatic rings. The van der Waals surface area contributed by atoms with Gasteiger partial charge in [0.25, 0.3) is 5.69 Å². The van der Waals surface area contributed by atoms with Crippen molar-refractivity contribution < 1.29 is 9.72 Å². The standard InChI is InChI=1S/C16H18BrN3O3S/c1-3-19(9-13-6-7-15(17)24-13)10-16(21)18-14-8-12(20(22)23)5-4-11(14)2/h4-8H,3,9-10H2,1-2H3,(H,18,21). The molecule has 1 aromatic heterocycles. The first kappa shape index (κ1) is 18.6. The van der Waals surface area contributed by atoms with E-state index in [1.807, 2.05) is 24.0 Å². The second kappa shape index (κ2) is 8.36. The number of nitrogens with one attached hydrogen (secondary N) is 1. The maximum atomic E-state index is 12.3. The fourth-order valence-corrected chi connectivity index (χ4v) is 3.71. The Morgan fingerprint density at radius 1 is 1.38 bits per heavy atom. The molecule has 0 aliphatic heterocycles. The smallest absolute Gasteiger partial charge is 0.271 e. The normalized spacial score (nSPS) is 10.8. The largest absolute Gasteiger partial charge is 0.324 e. The van der Waals surface area contributed by atoms with E-state index in [4.69, 9.17) is 0 Å². The van der Waals surface area contributed by atoms with Gasteiger partial charge >= 0.3 is 0 Å². The Morgan fingerprint density at radius 2 is 2.12 bits per heavy atom. The first-order valence-corrected chi connectivity index (χ1v) is 9.01.